The Labute approximate surface area is 165 Å². The van der Waals surface area contributed by atoms with E-state index in [1.165, 1.54) is 17.8 Å². The van der Waals surface area contributed by atoms with Crippen LogP contribution in [-0.2, 0) is 9.53 Å². The van der Waals surface area contributed by atoms with Gasteiger partial charge < -0.3 is 15.0 Å². The minimum Gasteiger partial charge on any atom is -0.378 e. The summed E-state index contributed by atoms with van der Waals surface area (Å²) in [6, 6.07) is 10.8. The van der Waals surface area contributed by atoms with Crippen molar-refractivity contribution in [2.45, 2.75) is 11.8 Å². The van der Waals surface area contributed by atoms with E-state index in [1.54, 1.807) is 12.1 Å². The van der Waals surface area contributed by atoms with Crippen LogP contribution in [0.2, 0.25) is 0 Å². The lowest BCUT2D eigenvalue weighted by molar-refractivity contribution is -0.113. The van der Waals surface area contributed by atoms with Crippen molar-refractivity contribution in [1.82, 2.24) is 0 Å². The number of thioether (sulfide) groups is 1. The van der Waals surface area contributed by atoms with Crippen molar-refractivity contribution in [3.63, 3.8) is 0 Å². The minimum atomic E-state index is -0.332. The van der Waals surface area contributed by atoms with Gasteiger partial charge in [0.2, 0.25) is 5.91 Å². The highest BCUT2D eigenvalue weighted by molar-refractivity contribution is 9.10. The molecule has 0 bridgehead atoms. The molecule has 0 atom stereocenters. The molecule has 2 aromatic rings. The van der Waals surface area contributed by atoms with Gasteiger partial charge in [-0.3, -0.25) is 4.79 Å². The Hall–Kier alpha value is -1.57. The number of hydrogen-bond acceptors (Lipinski definition) is 4. The van der Waals surface area contributed by atoms with Gasteiger partial charge in [-0.15, -0.1) is 11.8 Å². The Morgan fingerprint density at radius 2 is 2.04 bits per heavy atom. The maximum atomic E-state index is 14.4. The van der Waals surface area contributed by atoms with E-state index < -0.39 is 0 Å². The number of nitrogens with zero attached hydrogens (tertiary/aromatic N) is 1. The lowest BCUT2D eigenvalue weighted by Gasteiger charge is -2.29. The molecule has 26 heavy (non-hydrogen) atoms. The number of carbonyl (C=O) groups excluding carboxylic acids is 1. The first kappa shape index (κ1) is 19.2. The van der Waals surface area contributed by atoms with Crippen LogP contribution < -0.4 is 10.2 Å². The zero-order chi connectivity index (χ0) is 18.5. The summed E-state index contributed by atoms with van der Waals surface area (Å²) in [6.07, 6.45) is 0. The third-order valence-corrected chi connectivity index (χ3v) is 5.75. The number of hydrogen-bond donors (Lipinski definition) is 1. The van der Waals surface area contributed by atoms with E-state index >= 15 is 0 Å². The maximum absolute atomic E-state index is 14.4. The highest BCUT2D eigenvalue weighted by atomic mass is 79.9. The number of amides is 1. The third-order valence-electron chi connectivity index (χ3n) is 4.08. The smallest absolute Gasteiger partial charge is 0.234 e. The van der Waals surface area contributed by atoms with Gasteiger partial charge in [-0.25, -0.2) is 4.39 Å². The molecule has 3 rings (SSSR count). The van der Waals surface area contributed by atoms with E-state index in [4.69, 9.17) is 4.74 Å². The van der Waals surface area contributed by atoms with Crippen LogP contribution in [0.25, 0.3) is 0 Å². The Morgan fingerprint density at radius 1 is 1.27 bits per heavy atom. The summed E-state index contributed by atoms with van der Waals surface area (Å²) >= 11 is 4.89. The Kier molecular flexibility index (Phi) is 6.56. The highest BCUT2D eigenvalue weighted by Gasteiger charge is 2.16. The zero-order valence-electron chi connectivity index (χ0n) is 14.4. The number of carbonyl (C=O) groups is 1. The molecule has 0 saturated carbocycles. The van der Waals surface area contributed by atoms with Crippen LogP contribution in [0.1, 0.15) is 5.56 Å². The molecular weight excluding hydrogens is 419 g/mol. The largest absolute Gasteiger partial charge is 0.378 e. The highest BCUT2D eigenvalue weighted by Crippen LogP contribution is 2.26. The summed E-state index contributed by atoms with van der Waals surface area (Å²) in [5, 5.41) is 2.76. The molecule has 7 heteroatoms. The first-order valence-corrected chi connectivity index (χ1v) is 10.1. The fourth-order valence-corrected chi connectivity index (χ4v) is 4.05. The first-order chi connectivity index (χ1) is 12.5. The average molecular weight is 439 g/mol. The van der Waals surface area contributed by atoms with Crippen LogP contribution in [0.4, 0.5) is 15.8 Å². The van der Waals surface area contributed by atoms with Crippen molar-refractivity contribution < 1.29 is 13.9 Å². The van der Waals surface area contributed by atoms with E-state index in [-0.39, 0.29) is 17.5 Å². The molecule has 0 aliphatic carbocycles. The van der Waals surface area contributed by atoms with Crippen LogP contribution in [0.15, 0.2) is 45.8 Å². The normalized spacial score (nSPS) is 14.3. The minimum absolute atomic E-state index is 0.157. The van der Waals surface area contributed by atoms with Crippen LogP contribution in [0.5, 0.6) is 0 Å². The van der Waals surface area contributed by atoms with Crippen molar-refractivity contribution >= 4 is 45.0 Å². The summed E-state index contributed by atoms with van der Waals surface area (Å²) < 4.78 is 20.7. The molecule has 1 aliphatic heterocycles. The van der Waals surface area contributed by atoms with Crippen molar-refractivity contribution in [3.05, 3.63) is 52.3 Å². The van der Waals surface area contributed by atoms with Crippen LogP contribution >= 0.6 is 27.7 Å². The molecule has 1 N–H and O–H groups in total. The van der Waals surface area contributed by atoms with E-state index in [0.29, 0.717) is 37.7 Å². The molecule has 1 heterocycles. The lowest BCUT2D eigenvalue weighted by atomic mass is 10.2. The molecule has 2 aromatic carbocycles. The number of nitrogens with one attached hydrogen (secondary N) is 1. The monoisotopic (exact) mass is 438 g/mol. The van der Waals surface area contributed by atoms with Gasteiger partial charge in [-0.05, 0) is 48.9 Å². The summed E-state index contributed by atoms with van der Waals surface area (Å²) in [4.78, 5) is 15.2. The molecule has 0 aromatic heterocycles. The summed E-state index contributed by atoms with van der Waals surface area (Å²) in [5.74, 6) is -0.216. The number of halogens is 2. The van der Waals surface area contributed by atoms with Crippen LogP contribution in [-0.4, -0.2) is 38.0 Å². The third kappa shape index (κ3) is 4.99. The average Bonchev–Trinajstić information content (AvgIpc) is 2.62. The summed E-state index contributed by atoms with van der Waals surface area (Å²) in [5.41, 5.74) is 2.13. The molecule has 4 nitrogen and oxygen atoms in total. The van der Waals surface area contributed by atoms with Crippen LogP contribution in [0.3, 0.4) is 0 Å². The second-order valence-corrected chi connectivity index (χ2v) is 7.95. The Balaban J connectivity index is 1.57. The molecular formula is C19H20BrFN2O2S. The van der Waals surface area contributed by atoms with E-state index in [9.17, 15) is 9.18 Å². The van der Waals surface area contributed by atoms with Crippen molar-refractivity contribution in [3.8, 4) is 0 Å². The standard InChI is InChI=1S/C19H20BrFN2O2S/c1-13-10-14(20)2-5-18(13)26-12-19(24)22-15-3-4-17(16(21)11-15)23-6-8-25-9-7-23/h2-5,10-11H,6-9,12H2,1H3,(H,22,24). The molecule has 138 valence electrons. The topological polar surface area (TPSA) is 41.6 Å². The number of anilines is 2. The lowest BCUT2D eigenvalue weighted by Crippen LogP contribution is -2.36. The molecule has 1 fully saturated rings. The van der Waals surface area contributed by atoms with Gasteiger partial charge in [0.25, 0.3) is 0 Å². The number of benzene rings is 2. The number of morpholine rings is 1. The van der Waals surface area contributed by atoms with Gasteiger partial charge >= 0.3 is 0 Å². The SMILES string of the molecule is Cc1cc(Br)ccc1SCC(=O)Nc1ccc(N2CCOCC2)c(F)c1. The molecule has 0 spiro atoms. The quantitative estimate of drug-likeness (QED) is 0.699. The van der Waals surface area contributed by atoms with Crippen molar-refractivity contribution in [2.24, 2.45) is 0 Å². The summed E-state index contributed by atoms with van der Waals surface area (Å²) in [7, 11) is 0. The molecule has 0 radical (unpaired) electrons. The maximum Gasteiger partial charge on any atom is 0.234 e. The van der Waals surface area contributed by atoms with Gasteiger partial charge in [0.15, 0.2) is 0 Å². The molecule has 1 aliphatic rings. The number of rotatable bonds is 5. The summed E-state index contributed by atoms with van der Waals surface area (Å²) in [6.45, 7) is 4.55. The van der Waals surface area contributed by atoms with E-state index in [0.717, 1.165) is 14.9 Å². The van der Waals surface area contributed by atoms with Gasteiger partial charge in [0.05, 0.1) is 24.7 Å². The van der Waals surface area contributed by atoms with E-state index in [1.807, 2.05) is 30.0 Å². The molecule has 1 amide bonds. The molecule has 0 unspecified atom stereocenters. The predicted molar refractivity (Wildman–Crippen MR) is 108 cm³/mol. The fraction of sp³-hybridized carbons (Fsp3) is 0.316. The zero-order valence-corrected chi connectivity index (χ0v) is 16.8. The number of aryl methyl sites for hydroxylation is 1. The van der Waals surface area contributed by atoms with E-state index in [2.05, 4.69) is 21.2 Å². The molecule has 1 saturated heterocycles. The second-order valence-electron chi connectivity index (χ2n) is 6.01. The Bertz CT molecular complexity index is 797. The Morgan fingerprint density at radius 3 is 2.73 bits per heavy atom. The first-order valence-electron chi connectivity index (χ1n) is 8.34. The van der Waals surface area contributed by atoms with Crippen molar-refractivity contribution in [1.29, 1.82) is 0 Å². The van der Waals surface area contributed by atoms with Crippen LogP contribution in [0, 0.1) is 12.7 Å². The van der Waals surface area contributed by atoms with Gasteiger partial charge in [-0.2, -0.15) is 0 Å². The van der Waals surface area contributed by atoms with Gasteiger partial charge in [-0.1, -0.05) is 15.9 Å². The number of ether oxygens (including phenoxy) is 1. The predicted octanol–water partition coefficient (Wildman–Crippen LogP) is 4.46. The fourth-order valence-electron chi connectivity index (χ4n) is 2.76. The van der Waals surface area contributed by atoms with Crippen molar-refractivity contribution in [2.75, 3.05) is 42.3 Å². The van der Waals surface area contributed by atoms with Gasteiger partial charge in [0, 0.05) is 28.1 Å². The second kappa shape index (κ2) is 8.88. The van der Waals surface area contributed by atoms with Gasteiger partial charge in [0.1, 0.15) is 5.82 Å².